The molecule has 3 heterocycles. The van der Waals surface area contributed by atoms with Crippen molar-refractivity contribution in [2.75, 3.05) is 11.1 Å². The van der Waals surface area contributed by atoms with Crippen molar-refractivity contribution in [2.45, 2.75) is 12.1 Å². The van der Waals surface area contributed by atoms with Gasteiger partial charge in [0, 0.05) is 6.07 Å². The molecule has 5 aromatic rings. The molecule has 3 aromatic heterocycles. The first-order chi connectivity index (χ1) is 15.1. The van der Waals surface area contributed by atoms with E-state index in [1.54, 1.807) is 4.40 Å². The number of aromatic amines is 1. The second-order valence-corrected chi connectivity index (χ2v) is 8.83. The number of rotatable bonds is 5. The van der Waals surface area contributed by atoms with E-state index in [4.69, 9.17) is 0 Å². The summed E-state index contributed by atoms with van der Waals surface area (Å²) in [5.74, 6) is 0.266. The zero-order chi connectivity index (χ0) is 21.4. The molecule has 0 aliphatic heterocycles. The number of carbonyl (C=O) groups excluding carboxylic acids is 1. The van der Waals surface area contributed by atoms with E-state index in [0.717, 1.165) is 21.3 Å². The van der Waals surface area contributed by atoms with Gasteiger partial charge in [-0.2, -0.15) is 0 Å². The summed E-state index contributed by atoms with van der Waals surface area (Å²) < 4.78 is 2.78. The van der Waals surface area contributed by atoms with Gasteiger partial charge in [0.15, 0.2) is 10.3 Å². The van der Waals surface area contributed by atoms with Crippen LogP contribution in [-0.4, -0.2) is 36.2 Å². The van der Waals surface area contributed by atoms with Gasteiger partial charge in [-0.1, -0.05) is 59.5 Å². The van der Waals surface area contributed by atoms with Gasteiger partial charge in [0.05, 0.1) is 21.7 Å². The van der Waals surface area contributed by atoms with Crippen LogP contribution in [0.15, 0.2) is 64.5 Å². The van der Waals surface area contributed by atoms with E-state index in [1.807, 2.05) is 55.5 Å². The number of carbonyl (C=O) groups is 1. The molecule has 10 heteroatoms. The summed E-state index contributed by atoms with van der Waals surface area (Å²) in [5, 5.41) is 12.1. The maximum Gasteiger partial charge on any atom is 0.252 e. The SMILES string of the molecule is Cc1ccc2nc(NC(=O)CSc3nnc4[nH]c(=O)cc(-c5ccccc5)n34)sc2c1. The Morgan fingerprint density at radius 3 is 2.84 bits per heavy atom. The van der Waals surface area contributed by atoms with Crippen LogP contribution in [0.2, 0.25) is 0 Å². The Morgan fingerprint density at radius 1 is 1.16 bits per heavy atom. The zero-order valence-electron chi connectivity index (χ0n) is 16.3. The number of hydrogen-bond donors (Lipinski definition) is 2. The van der Waals surface area contributed by atoms with Gasteiger partial charge in [0.25, 0.3) is 5.56 Å². The highest BCUT2D eigenvalue weighted by molar-refractivity contribution is 7.99. The monoisotopic (exact) mass is 448 g/mol. The highest BCUT2D eigenvalue weighted by atomic mass is 32.2. The minimum Gasteiger partial charge on any atom is -0.301 e. The Bertz CT molecular complexity index is 1470. The van der Waals surface area contributed by atoms with Crippen LogP contribution in [-0.2, 0) is 4.79 Å². The first-order valence-electron chi connectivity index (χ1n) is 9.40. The number of H-pyrrole nitrogens is 1. The highest BCUT2D eigenvalue weighted by Gasteiger charge is 2.15. The van der Waals surface area contributed by atoms with E-state index in [9.17, 15) is 9.59 Å². The highest BCUT2D eigenvalue weighted by Crippen LogP contribution is 2.27. The number of amides is 1. The fraction of sp³-hybridized carbons (Fsp3) is 0.0952. The molecule has 8 nitrogen and oxygen atoms in total. The minimum atomic E-state index is -0.265. The molecule has 0 aliphatic carbocycles. The lowest BCUT2D eigenvalue weighted by atomic mass is 10.1. The van der Waals surface area contributed by atoms with Crippen LogP contribution >= 0.6 is 23.1 Å². The normalized spacial score (nSPS) is 11.3. The Kier molecular flexibility index (Phi) is 5.00. The van der Waals surface area contributed by atoms with Gasteiger partial charge < -0.3 is 5.32 Å². The summed E-state index contributed by atoms with van der Waals surface area (Å²) in [7, 11) is 0. The maximum absolute atomic E-state index is 12.5. The third-order valence-electron chi connectivity index (χ3n) is 4.57. The lowest BCUT2D eigenvalue weighted by Crippen LogP contribution is -2.14. The van der Waals surface area contributed by atoms with Crippen molar-refractivity contribution in [3.8, 4) is 11.3 Å². The van der Waals surface area contributed by atoms with Crippen LogP contribution in [0.1, 0.15) is 5.56 Å². The molecule has 2 N–H and O–H groups in total. The first kappa shape index (κ1) is 19.5. The fourth-order valence-corrected chi connectivity index (χ4v) is 4.91. The van der Waals surface area contributed by atoms with Gasteiger partial charge in [-0.05, 0) is 30.2 Å². The van der Waals surface area contributed by atoms with Gasteiger partial charge in [-0.25, -0.2) is 4.98 Å². The van der Waals surface area contributed by atoms with Crippen molar-refractivity contribution in [2.24, 2.45) is 0 Å². The molecule has 154 valence electrons. The van der Waals surface area contributed by atoms with E-state index in [0.29, 0.717) is 21.8 Å². The number of thioether (sulfide) groups is 1. The van der Waals surface area contributed by atoms with E-state index in [1.165, 1.54) is 29.2 Å². The largest absolute Gasteiger partial charge is 0.301 e. The number of nitrogens with zero attached hydrogens (tertiary/aromatic N) is 4. The molecule has 31 heavy (non-hydrogen) atoms. The molecule has 0 spiro atoms. The number of hydrogen-bond acceptors (Lipinski definition) is 7. The molecule has 0 bridgehead atoms. The number of aryl methyl sites for hydroxylation is 1. The van der Waals surface area contributed by atoms with E-state index >= 15 is 0 Å². The van der Waals surface area contributed by atoms with Gasteiger partial charge in [-0.15, -0.1) is 10.2 Å². The molecule has 0 radical (unpaired) electrons. The van der Waals surface area contributed by atoms with Crippen LogP contribution in [0, 0.1) is 6.92 Å². The second kappa shape index (κ2) is 7.97. The molecule has 0 saturated heterocycles. The Balaban J connectivity index is 1.38. The molecule has 2 aromatic carbocycles. The smallest absolute Gasteiger partial charge is 0.252 e. The number of nitrogens with one attached hydrogen (secondary N) is 2. The fourth-order valence-electron chi connectivity index (χ4n) is 3.19. The third kappa shape index (κ3) is 3.94. The number of thiazole rings is 1. The Hall–Kier alpha value is -3.50. The van der Waals surface area contributed by atoms with Crippen LogP contribution in [0.5, 0.6) is 0 Å². The predicted octanol–water partition coefficient (Wildman–Crippen LogP) is 3.73. The van der Waals surface area contributed by atoms with Crippen molar-refractivity contribution in [1.82, 2.24) is 24.6 Å². The van der Waals surface area contributed by atoms with Crippen molar-refractivity contribution < 1.29 is 4.79 Å². The van der Waals surface area contributed by atoms with Crippen LogP contribution in [0.3, 0.4) is 0 Å². The minimum absolute atomic E-state index is 0.128. The molecular formula is C21H16N6O2S2. The zero-order valence-corrected chi connectivity index (χ0v) is 18.0. The van der Waals surface area contributed by atoms with Crippen molar-refractivity contribution in [3.63, 3.8) is 0 Å². The average molecular weight is 449 g/mol. The maximum atomic E-state index is 12.5. The van der Waals surface area contributed by atoms with E-state index < -0.39 is 0 Å². The Labute approximate surface area is 184 Å². The number of fused-ring (bicyclic) bond motifs is 2. The predicted molar refractivity (Wildman–Crippen MR) is 123 cm³/mol. The molecule has 0 fully saturated rings. The Morgan fingerprint density at radius 2 is 2.00 bits per heavy atom. The van der Waals surface area contributed by atoms with Gasteiger partial charge in [-0.3, -0.25) is 19.0 Å². The number of anilines is 1. The molecule has 0 aliphatic rings. The topological polar surface area (TPSA) is 105 Å². The first-order valence-corrected chi connectivity index (χ1v) is 11.2. The number of benzene rings is 2. The van der Waals surface area contributed by atoms with Crippen molar-refractivity contribution in [3.05, 3.63) is 70.5 Å². The lowest BCUT2D eigenvalue weighted by Gasteiger charge is -2.07. The van der Waals surface area contributed by atoms with Gasteiger partial charge >= 0.3 is 0 Å². The molecule has 1 amide bonds. The quantitative estimate of drug-likeness (QED) is 0.397. The summed E-state index contributed by atoms with van der Waals surface area (Å²) in [6, 6.07) is 17.0. The van der Waals surface area contributed by atoms with E-state index in [-0.39, 0.29) is 17.2 Å². The summed E-state index contributed by atoms with van der Waals surface area (Å²) in [5.41, 5.74) is 3.26. The van der Waals surface area contributed by atoms with Crippen LogP contribution in [0.25, 0.3) is 27.3 Å². The summed E-state index contributed by atoms with van der Waals surface area (Å²) >= 11 is 2.68. The van der Waals surface area contributed by atoms with Crippen LogP contribution < -0.4 is 10.9 Å². The standard InChI is InChI=1S/C21H16N6O2S2/c1-12-7-8-14-16(9-12)31-20(22-14)24-18(29)11-30-21-26-25-19-23-17(28)10-15(27(19)21)13-5-3-2-4-6-13/h2-10H,11H2,1H3,(H,22,24,29)(H,23,25,28). The molecule has 0 unspecified atom stereocenters. The molecular weight excluding hydrogens is 432 g/mol. The molecule has 5 rings (SSSR count). The van der Waals surface area contributed by atoms with E-state index in [2.05, 4.69) is 25.5 Å². The van der Waals surface area contributed by atoms with Crippen molar-refractivity contribution >= 4 is 50.1 Å². The molecule has 0 atom stereocenters. The van der Waals surface area contributed by atoms with Gasteiger partial charge in [0.1, 0.15) is 0 Å². The molecule has 0 saturated carbocycles. The number of aromatic nitrogens is 5. The second-order valence-electron chi connectivity index (χ2n) is 6.85. The summed E-state index contributed by atoms with van der Waals surface area (Å²) in [6.07, 6.45) is 0. The van der Waals surface area contributed by atoms with Crippen LogP contribution in [0.4, 0.5) is 5.13 Å². The average Bonchev–Trinajstić information content (AvgIpc) is 3.35. The van der Waals surface area contributed by atoms with Crippen molar-refractivity contribution in [1.29, 1.82) is 0 Å². The summed E-state index contributed by atoms with van der Waals surface area (Å²) in [4.78, 5) is 31.7. The lowest BCUT2D eigenvalue weighted by molar-refractivity contribution is -0.113. The summed E-state index contributed by atoms with van der Waals surface area (Å²) in [6.45, 7) is 2.02. The third-order valence-corrected chi connectivity index (χ3v) is 6.43. The van der Waals surface area contributed by atoms with Gasteiger partial charge in [0.2, 0.25) is 11.7 Å².